The van der Waals surface area contributed by atoms with Gasteiger partial charge in [0.25, 0.3) is 5.91 Å². The van der Waals surface area contributed by atoms with Crippen LogP contribution in [0.5, 0.6) is 0 Å². The smallest absolute Gasteiger partial charge is 0.251 e. The van der Waals surface area contributed by atoms with Crippen molar-refractivity contribution < 1.29 is 4.79 Å². The average Bonchev–Trinajstić information content (AvgIpc) is 2.41. The molecule has 0 spiro atoms. The number of rotatable bonds is 1. The lowest BCUT2D eigenvalue weighted by molar-refractivity contribution is -0.119. The first kappa shape index (κ1) is 6.79. The van der Waals surface area contributed by atoms with Crippen molar-refractivity contribution in [2.45, 2.75) is 5.37 Å². The largest absolute Gasteiger partial charge is 0.367 e. The number of hydrogen-bond donors (Lipinski definition) is 1. The predicted molar refractivity (Wildman–Crippen MR) is 44.5 cm³/mol. The number of primary amides is 1. The van der Waals surface area contributed by atoms with Crippen LogP contribution in [0.2, 0.25) is 0 Å². The lowest BCUT2D eigenvalue weighted by Crippen LogP contribution is -2.37. The maximum Gasteiger partial charge on any atom is 0.251 e. The Morgan fingerprint density at radius 2 is 2.64 bits per heavy atom. The summed E-state index contributed by atoms with van der Waals surface area (Å²) in [4.78, 5) is 12.8. The maximum absolute atomic E-state index is 10.8. The second-order valence-corrected chi connectivity index (χ2v) is 3.44. The zero-order chi connectivity index (χ0) is 7.84. The van der Waals surface area contributed by atoms with E-state index in [9.17, 15) is 4.79 Å². The molecule has 0 bridgehead atoms. The molecule has 2 aliphatic rings. The summed E-state index contributed by atoms with van der Waals surface area (Å²) in [5.74, 6) is -0.259. The van der Waals surface area contributed by atoms with Crippen LogP contribution >= 0.6 is 11.8 Å². The fourth-order valence-corrected chi connectivity index (χ4v) is 2.23. The van der Waals surface area contributed by atoms with Gasteiger partial charge in [-0.15, -0.1) is 0 Å². The number of carbonyl (C=O) groups excluding carboxylic acids is 1. The molecule has 2 N–H and O–H groups in total. The van der Waals surface area contributed by atoms with Gasteiger partial charge in [0.15, 0.2) is 5.37 Å². The fraction of sp³-hybridized carbons (Fsp3) is 0.286. The Bertz CT molecular complexity index is 259. The Balaban J connectivity index is 2.19. The quantitative estimate of drug-likeness (QED) is 0.611. The van der Waals surface area contributed by atoms with E-state index in [-0.39, 0.29) is 11.3 Å². The van der Waals surface area contributed by atoms with E-state index in [2.05, 4.69) is 0 Å². The molecule has 2 rings (SSSR count). The molecule has 0 fully saturated rings. The van der Waals surface area contributed by atoms with Crippen molar-refractivity contribution in [3.05, 3.63) is 23.3 Å². The number of nitrogens with zero attached hydrogens (tertiary/aromatic N) is 1. The molecule has 0 radical (unpaired) electrons. The van der Waals surface area contributed by atoms with Crippen LogP contribution in [0.1, 0.15) is 0 Å². The molecule has 1 unspecified atom stereocenters. The van der Waals surface area contributed by atoms with Gasteiger partial charge < -0.3 is 10.6 Å². The van der Waals surface area contributed by atoms with Crippen LogP contribution in [-0.4, -0.2) is 22.7 Å². The highest BCUT2D eigenvalue weighted by Crippen LogP contribution is 2.33. The molecule has 2 aliphatic heterocycles. The summed E-state index contributed by atoms with van der Waals surface area (Å²) < 4.78 is 0. The molecule has 1 atom stereocenters. The third-order valence-electron chi connectivity index (χ3n) is 1.77. The molecule has 0 aromatic carbocycles. The lowest BCUT2D eigenvalue weighted by atomic mass is 10.4. The average molecular weight is 168 g/mol. The molecule has 0 aromatic rings. The van der Waals surface area contributed by atoms with Gasteiger partial charge in [0.2, 0.25) is 0 Å². The molecule has 0 aromatic heterocycles. The van der Waals surface area contributed by atoms with Crippen LogP contribution < -0.4 is 5.73 Å². The van der Waals surface area contributed by atoms with Crippen LogP contribution in [0.4, 0.5) is 0 Å². The van der Waals surface area contributed by atoms with Crippen molar-refractivity contribution in [3.8, 4) is 0 Å². The number of allylic oxidation sites excluding steroid dienone is 1. The van der Waals surface area contributed by atoms with E-state index in [0.717, 1.165) is 12.2 Å². The highest BCUT2D eigenvalue weighted by atomic mass is 32.2. The summed E-state index contributed by atoms with van der Waals surface area (Å²) in [6, 6.07) is 0. The highest BCUT2D eigenvalue weighted by molar-refractivity contribution is 8.03. The number of carbonyl (C=O) groups is 1. The van der Waals surface area contributed by atoms with Gasteiger partial charge in [0.05, 0.1) is 0 Å². The van der Waals surface area contributed by atoms with Gasteiger partial charge in [0.1, 0.15) is 0 Å². The maximum atomic E-state index is 10.8. The van der Waals surface area contributed by atoms with E-state index in [0.29, 0.717) is 0 Å². The van der Waals surface area contributed by atoms with Crippen LogP contribution in [0, 0.1) is 0 Å². The monoisotopic (exact) mass is 168 g/mol. The van der Waals surface area contributed by atoms with E-state index in [1.54, 1.807) is 0 Å². The van der Waals surface area contributed by atoms with Crippen molar-refractivity contribution in [1.82, 2.24) is 4.90 Å². The van der Waals surface area contributed by atoms with Gasteiger partial charge in [-0.3, -0.25) is 4.79 Å². The summed E-state index contributed by atoms with van der Waals surface area (Å²) in [5.41, 5.74) is 6.30. The second kappa shape index (κ2) is 2.30. The number of amides is 1. The van der Waals surface area contributed by atoms with Crippen LogP contribution in [0.3, 0.4) is 0 Å². The molecule has 4 heteroatoms. The Hall–Kier alpha value is -0.900. The van der Waals surface area contributed by atoms with E-state index >= 15 is 0 Å². The van der Waals surface area contributed by atoms with Crippen molar-refractivity contribution in [1.29, 1.82) is 0 Å². The number of nitrogens with two attached hydrogens (primary N) is 1. The highest BCUT2D eigenvalue weighted by Gasteiger charge is 2.30. The van der Waals surface area contributed by atoms with Gasteiger partial charge in [-0.05, 0) is 11.5 Å². The van der Waals surface area contributed by atoms with Crippen molar-refractivity contribution >= 4 is 17.7 Å². The van der Waals surface area contributed by atoms with Gasteiger partial charge in [-0.2, -0.15) is 0 Å². The first-order valence-electron chi connectivity index (χ1n) is 3.37. The third kappa shape index (κ3) is 0.939. The minimum atomic E-state index is -0.259. The summed E-state index contributed by atoms with van der Waals surface area (Å²) in [5, 5.41) is 1.79. The second-order valence-electron chi connectivity index (χ2n) is 2.49. The summed E-state index contributed by atoms with van der Waals surface area (Å²) in [6.07, 6.45) is 4.04. The van der Waals surface area contributed by atoms with E-state index in [4.69, 9.17) is 5.73 Å². The molecule has 3 nitrogen and oxygen atoms in total. The Morgan fingerprint density at radius 3 is 3.36 bits per heavy atom. The fourth-order valence-electron chi connectivity index (χ4n) is 1.25. The zero-order valence-corrected chi connectivity index (χ0v) is 6.67. The molecule has 0 saturated heterocycles. The van der Waals surface area contributed by atoms with Gasteiger partial charge in [-0.1, -0.05) is 17.8 Å². The SMILES string of the molecule is NC(=O)C1SC=C2C=CCN21. The Morgan fingerprint density at radius 1 is 1.82 bits per heavy atom. The summed E-state index contributed by atoms with van der Waals surface area (Å²) in [7, 11) is 0. The molecule has 2 heterocycles. The third-order valence-corrected chi connectivity index (χ3v) is 2.89. The van der Waals surface area contributed by atoms with E-state index in [1.807, 2.05) is 22.5 Å². The first-order chi connectivity index (χ1) is 5.29. The normalized spacial score (nSPS) is 27.1. The molecular weight excluding hydrogens is 160 g/mol. The van der Waals surface area contributed by atoms with Crippen molar-refractivity contribution in [2.75, 3.05) is 6.54 Å². The molecule has 0 saturated carbocycles. The summed E-state index contributed by atoms with van der Waals surface area (Å²) in [6.45, 7) is 0.812. The molecule has 11 heavy (non-hydrogen) atoms. The minimum absolute atomic E-state index is 0.181. The predicted octanol–water partition coefficient (Wildman–Crippen LogP) is 0.258. The summed E-state index contributed by atoms with van der Waals surface area (Å²) >= 11 is 1.48. The van der Waals surface area contributed by atoms with Gasteiger partial charge in [0, 0.05) is 12.2 Å². The molecule has 0 aliphatic carbocycles. The van der Waals surface area contributed by atoms with E-state index in [1.165, 1.54) is 11.8 Å². The standard InChI is InChI=1S/C7H8N2OS/c8-6(10)7-9-3-1-2-5(9)4-11-7/h1-2,4,7H,3H2,(H2,8,10). The Labute approximate surface area is 68.9 Å². The minimum Gasteiger partial charge on any atom is -0.367 e. The molecular formula is C7H8N2OS. The van der Waals surface area contributed by atoms with Gasteiger partial charge >= 0.3 is 0 Å². The van der Waals surface area contributed by atoms with Crippen LogP contribution in [-0.2, 0) is 4.79 Å². The lowest BCUT2D eigenvalue weighted by Gasteiger charge is -2.19. The van der Waals surface area contributed by atoms with Crippen LogP contribution in [0.25, 0.3) is 0 Å². The van der Waals surface area contributed by atoms with Gasteiger partial charge in [-0.25, -0.2) is 0 Å². The van der Waals surface area contributed by atoms with Crippen molar-refractivity contribution in [2.24, 2.45) is 5.73 Å². The van der Waals surface area contributed by atoms with E-state index < -0.39 is 0 Å². The number of fused-ring (bicyclic) bond motifs is 1. The topological polar surface area (TPSA) is 46.3 Å². The first-order valence-corrected chi connectivity index (χ1v) is 4.31. The van der Waals surface area contributed by atoms with Crippen molar-refractivity contribution in [3.63, 3.8) is 0 Å². The molecule has 58 valence electrons. The zero-order valence-electron chi connectivity index (χ0n) is 5.86. The number of thioether (sulfide) groups is 1. The Kier molecular flexibility index (Phi) is 1.42. The number of hydrogen-bond acceptors (Lipinski definition) is 3. The van der Waals surface area contributed by atoms with Crippen LogP contribution in [0.15, 0.2) is 23.3 Å². The molecule has 1 amide bonds.